The molecular formula is C34H38FNO3. The number of carbonyl (C=O) groups is 1. The number of unbranched alkanes of at least 4 members (excludes halogenated alkanes) is 2. The molecule has 1 heterocycles. The number of anilines is 1. The van der Waals surface area contributed by atoms with Gasteiger partial charge in [0, 0.05) is 5.69 Å². The van der Waals surface area contributed by atoms with Crippen molar-refractivity contribution >= 4 is 17.7 Å². The van der Waals surface area contributed by atoms with Crippen molar-refractivity contribution in [1.82, 2.24) is 0 Å². The maximum Gasteiger partial charge on any atom is 0.259 e. The van der Waals surface area contributed by atoms with E-state index in [-0.39, 0.29) is 23.0 Å². The van der Waals surface area contributed by atoms with E-state index in [9.17, 15) is 14.3 Å². The zero-order valence-electron chi connectivity index (χ0n) is 23.3. The van der Waals surface area contributed by atoms with E-state index < -0.39 is 5.60 Å². The molecule has 1 aliphatic rings. The summed E-state index contributed by atoms with van der Waals surface area (Å²) < 4.78 is 19.7. The second kappa shape index (κ2) is 12.3. The van der Waals surface area contributed by atoms with Gasteiger partial charge in [-0.15, -0.1) is 0 Å². The summed E-state index contributed by atoms with van der Waals surface area (Å²) in [7, 11) is 0. The Balaban J connectivity index is 1.59. The molecule has 4 nitrogen and oxygen atoms in total. The molecule has 1 amide bonds. The van der Waals surface area contributed by atoms with Crippen LogP contribution >= 0.6 is 0 Å². The van der Waals surface area contributed by atoms with E-state index >= 15 is 0 Å². The molecule has 0 bridgehead atoms. The molecule has 1 unspecified atom stereocenters. The third-order valence-electron chi connectivity index (χ3n) is 7.12. The topological polar surface area (TPSA) is 58.6 Å². The number of amides is 1. The van der Waals surface area contributed by atoms with Crippen LogP contribution in [0.3, 0.4) is 0 Å². The number of aromatic hydroxyl groups is 1. The Morgan fingerprint density at radius 1 is 1.05 bits per heavy atom. The van der Waals surface area contributed by atoms with Crippen LogP contribution in [0.1, 0.15) is 81.3 Å². The summed E-state index contributed by atoms with van der Waals surface area (Å²) in [6.07, 6.45) is 11.4. The number of allylic oxidation sites excluding steroid dienone is 2. The van der Waals surface area contributed by atoms with E-state index in [1.807, 2.05) is 42.5 Å². The van der Waals surface area contributed by atoms with Crippen molar-refractivity contribution in [3.63, 3.8) is 0 Å². The second-order valence-corrected chi connectivity index (χ2v) is 10.7. The molecular weight excluding hydrogens is 489 g/mol. The van der Waals surface area contributed by atoms with Crippen molar-refractivity contribution in [1.29, 1.82) is 0 Å². The Labute approximate surface area is 231 Å². The highest BCUT2D eigenvalue weighted by Gasteiger charge is 2.31. The second-order valence-electron chi connectivity index (χ2n) is 10.7. The average molecular weight is 528 g/mol. The van der Waals surface area contributed by atoms with Gasteiger partial charge in [-0.3, -0.25) is 4.79 Å². The summed E-state index contributed by atoms with van der Waals surface area (Å²) >= 11 is 0. The van der Waals surface area contributed by atoms with E-state index in [1.165, 1.54) is 17.7 Å². The number of halogens is 1. The number of hydrogen-bond acceptors (Lipinski definition) is 3. The lowest BCUT2D eigenvalue weighted by Crippen LogP contribution is -2.32. The first-order valence-corrected chi connectivity index (χ1v) is 13.8. The number of benzene rings is 3. The first kappa shape index (κ1) is 28.2. The SMILES string of the molecule is CCCCCc1cc2c(c(O)c1C(=O)Nc1ccc(-c3ccc(F)cc3)cc1)C=CC(C)(CCC=C(C)C)O2. The fraction of sp³-hybridized carbons (Fsp3) is 0.324. The summed E-state index contributed by atoms with van der Waals surface area (Å²) in [5.41, 5.74) is 4.81. The maximum absolute atomic E-state index is 13.5. The number of rotatable bonds is 10. The number of hydrogen-bond donors (Lipinski definition) is 2. The minimum absolute atomic E-state index is 0.0537. The highest BCUT2D eigenvalue weighted by Crippen LogP contribution is 2.42. The number of ether oxygens (including phenoxy) is 1. The van der Waals surface area contributed by atoms with Gasteiger partial charge in [0.1, 0.15) is 22.9 Å². The number of aryl methyl sites for hydroxylation is 1. The number of phenols is 1. The number of phenolic OH excluding ortho intramolecular Hbond substituents is 1. The lowest BCUT2D eigenvalue weighted by molar-refractivity contribution is 0.102. The van der Waals surface area contributed by atoms with Gasteiger partial charge in [0.05, 0.1) is 11.1 Å². The van der Waals surface area contributed by atoms with Crippen molar-refractivity contribution in [3.8, 4) is 22.6 Å². The van der Waals surface area contributed by atoms with Gasteiger partial charge in [-0.25, -0.2) is 4.39 Å². The first-order chi connectivity index (χ1) is 18.7. The van der Waals surface area contributed by atoms with Crippen molar-refractivity contribution in [2.24, 2.45) is 0 Å². The third-order valence-corrected chi connectivity index (χ3v) is 7.12. The van der Waals surface area contributed by atoms with Gasteiger partial charge < -0.3 is 15.2 Å². The Hall–Kier alpha value is -3.86. The minimum atomic E-state index is -0.484. The van der Waals surface area contributed by atoms with Crippen LogP contribution in [0.5, 0.6) is 11.5 Å². The van der Waals surface area contributed by atoms with E-state index in [0.717, 1.165) is 48.8 Å². The molecule has 3 aromatic carbocycles. The van der Waals surface area contributed by atoms with E-state index in [1.54, 1.807) is 12.1 Å². The summed E-state index contributed by atoms with van der Waals surface area (Å²) in [6.45, 7) is 8.36. The van der Waals surface area contributed by atoms with Crippen molar-refractivity contribution < 1.29 is 19.0 Å². The molecule has 0 radical (unpaired) electrons. The number of nitrogens with one attached hydrogen (secondary N) is 1. The molecule has 204 valence electrons. The molecule has 2 N–H and O–H groups in total. The molecule has 3 aromatic rings. The largest absolute Gasteiger partial charge is 0.506 e. The Kier molecular flexibility index (Phi) is 8.90. The summed E-state index contributed by atoms with van der Waals surface area (Å²) in [5, 5.41) is 14.3. The zero-order valence-corrected chi connectivity index (χ0v) is 23.3. The van der Waals surface area contributed by atoms with Gasteiger partial charge in [-0.2, -0.15) is 0 Å². The van der Waals surface area contributed by atoms with Crippen molar-refractivity contribution in [2.45, 2.75) is 71.8 Å². The smallest absolute Gasteiger partial charge is 0.259 e. The highest BCUT2D eigenvalue weighted by atomic mass is 19.1. The molecule has 0 saturated heterocycles. The monoisotopic (exact) mass is 527 g/mol. The van der Waals surface area contributed by atoms with Crippen LogP contribution in [0.4, 0.5) is 10.1 Å². The van der Waals surface area contributed by atoms with E-state index in [0.29, 0.717) is 23.4 Å². The molecule has 0 aliphatic carbocycles. The van der Waals surface area contributed by atoms with Crippen molar-refractivity contribution in [3.05, 3.63) is 94.8 Å². The van der Waals surface area contributed by atoms with Crippen LogP contribution < -0.4 is 10.1 Å². The predicted molar refractivity (Wildman–Crippen MR) is 158 cm³/mol. The molecule has 0 spiro atoms. The molecule has 1 aliphatic heterocycles. The molecule has 0 aromatic heterocycles. The average Bonchev–Trinajstić information content (AvgIpc) is 2.89. The quantitative estimate of drug-likeness (QED) is 0.204. The van der Waals surface area contributed by atoms with Crippen LogP contribution in [0.15, 0.2) is 72.3 Å². The lowest BCUT2D eigenvalue weighted by atomic mass is 9.91. The summed E-state index contributed by atoms with van der Waals surface area (Å²) in [6, 6.07) is 15.6. The predicted octanol–water partition coefficient (Wildman–Crippen LogP) is 9.09. The minimum Gasteiger partial charge on any atom is -0.506 e. The summed E-state index contributed by atoms with van der Waals surface area (Å²) in [4.78, 5) is 13.5. The summed E-state index contributed by atoms with van der Waals surface area (Å²) in [5.74, 6) is -0.0825. The van der Waals surface area contributed by atoms with Crippen LogP contribution in [0, 0.1) is 5.82 Å². The Bertz CT molecular complexity index is 1370. The Morgan fingerprint density at radius 2 is 1.72 bits per heavy atom. The van der Waals surface area contributed by atoms with Crippen LogP contribution in [-0.2, 0) is 6.42 Å². The normalized spacial score (nSPS) is 15.8. The van der Waals surface area contributed by atoms with Gasteiger partial charge in [0.15, 0.2) is 0 Å². The molecule has 1 atom stereocenters. The Morgan fingerprint density at radius 3 is 2.36 bits per heavy atom. The maximum atomic E-state index is 13.5. The number of carbonyl (C=O) groups excluding carboxylic acids is 1. The molecule has 5 heteroatoms. The first-order valence-electron chi connectivity index (χ1n) is 13.8. The lowest BCUT2D eigenvalue weighted by Gasteiger charge is -2.32. The van der Waals surface area contributed by atoms with E-state index in [2.05, 4.69) is 39.1 Å². The standard InChI is InChI=1S/C34H38FNO3/c1-5-6-7-10-26-22-30-29(19-21-34(4,39-30)20-8-9-23(2)3)32(37)31(26)33(38)36-28-17-13-25(14-18-28)24-11-15-27(35)16-12-24/h9,11-19,21-22,37H,5-8,10,20H2,1-4H3,(H,36,38). The van der Waals surface area contributed by atoms with E-state index in [4.69, 9.17) is 4.74 Å². The third kappa shape index (κ3) is 6.97. The highest BCUT2D eigenvalue weighted by molar-refractivity contribution is 6.08. The zero-order chi connectivity index (χ0) is 28.0. The fourth-order valence-corrected chi connectivity index (χ4v) is 4.88. The molecule has 0 saturated carbocycles. The van der Waals surface area contributed by atoms with Crippen molar-refractivity contribution in [2.75, 3.05) is 5.32 Å². The van der Waals surface area contributed by atoms with Gasteiger partial charge in [0.2, 0.25) is 0 Å². The fourth-order valence-electron chi connectivity index (χ4n) is 4.88. The van der Waals surface area contributed by atoms with Gasteiger partial charge in [-0.1, -0.05) is 55.7 Å². The molecule has 0 fully saturated rings. The number of fused-ring (bicyclic) bond motifs is 1. The van der Waals surface area contributed by atoms with Gasteiger partial charge in [0.25, 0.3) is 5.91 Å². The van der Waals surface area contributed by atoms with Crippen LogP contribution in [0.2, 0.25) is 0 Å². The molecule has 39 heavy (non-hydrogen) atoms. The molecule has 4 rings (SSSR count). The van der Waals surface area contributed by atoms with Crippen LogP contribution in [0.25, 0.3) is 17.2 Å². The van der Waals surface area contributed by atoms with Gasteiger partial charge in [-0.05, 0) is 106 Å². The van der Waals surface area contributed by atoms with Gasteiger partial charge >= 0.3 is 0 Å². The van der Waals surface area contributed by atoms with Crippen LogP contribution in [-0.4, -0.2) is 16.6 Å².